The predicted molar refractivity (Wildman–Crippen MR) is 127 cm³/mol. The van der Waals surface area contributed by atoms with Gasteiger partial charge in [-0.15, -0.1) is 0 Å². The highest BCUT2D eigenvalue weighted by Gasteiger charge is 2.33. The Morgan fingerprint density at radius 2 is 2.17 bits per heavy atom. The molecule has 5 rings (SSSR count). The Labute approximate surface area is 200 Å². The molecule has 35 heavy (non-hydrogen) atoms. The SMILES string of the molecule is Cc1ccc2c(-c3cnc4[nH]cc(C(=O)N[C@H](C)C(=O)N5CC(C#N)C5)c4n3)nn(CCO)c2c1. The first kappa shape index (κ1) is 22.5. The van der Waals surface area contributed by atoms with Gasteiger partial charge in [-0.1, -0.05) is 12.1 Å². The number of amides is 2. The van der Waals surface area contributed by atoms with E-state index in [0.29, 0.717) is 42.2 Å². The molecule has 3 N–H and O–H groups in total. The molecule has 3 aromatic heterocycles. The van der Waals surface area contributed by atoms with Crippen molar-refractivity contribution in [2.75, 3.05) is 19.7 Å². The van der Waals surface area contributed by atoms with Crippen LogP contribution >= 0.6 is 0 Å². The van der Waals surface area contributed by atoms with Crippen molar-refractivity contribution < 1.29 is 14.7 Å². The number of nitrogens with zero attached hydrogens (tertiary/aromatic N) is 6. The average Bonchev–Trinajstić information content (AvgIpc) is 3.39. The monoisotopic (exact) mass is 472 g/mol. The number of hydrogen-bond acceptors (Lipinski definition) is 7. The summed E-state index contributed by atoms with van der Waals surface area (Å²) < 4.78 is 1.73. The minimum absolute atomic E-state index is 0.0531. The lowest BCUT2D eigenvalue weighted by atomic mass is 10.0. The van der Waals surface area contributed by atoms with Crippen molar-refractivity contribution in [3.63, 3.8) is 0 Å². The molecule has 1 saturated heterocycles. The maximum atomic E-state index is 13.0. The Morgan fingerprint density at radius 3 is 2.91 bits per heavy atom. The third-order valence-electron chi connectivity index (χ3n) is 6.18. The van der Waals surface area contributed by atoms with Gasteiger partial charge in [-0.25, -0.2) is 9.97 Å². The number of nitriles is 1. The van der Waals surface area contributed by atoms with Crippen LogP contribution in [0.5, 0.6) is 0 Å². The number of carbonyl (C=O) groups excluding carboxylic acids is 2. The number of benzene rings is 1. The van der Waals surface area contributed by atoms with Crippen LogP contribution in [0.3, 0.4) is 0 Å². The molecule has 2 amide bonds. The molecule has 178 valence electrons. The minimum Gasteiger partial charge on any atom is -0.394 e. The van der Waals surface area contributed by atoms with Gasteiger partial charge in [-0.3, -0.25) is 14.3 Å². The van der Waals surface area contributed by atoms with E-state index in [-0.39, 0.29) is 24.0 Å². The van der Waals surface area contributed by atoms with Gasteiger partial charge >= 0.3 is 0 Å². The van der Waals surface area contributed by atoms with Crippen LogP contribution in [0, 0.1) is 24.2 Å². The number of rotatable bonds is 6. The third kappa shape index (κ3) is 3.98. The van der Waals surface area contributed by atoms with Crippen LogP contribution in [-0.2, 0) is 11.3 Å². The highest BCUT2D eigenvalue weighted by atomic mass is 16.3. The van der Waals surface area contributed by atoms with Crippen LogP contribution in [0.15, 0.2) is 30.6 Å². The first-order valence-electron chi connectivity index (χ1n) is 11.3. The lowest BCUT2D eigenvalue weighted by Crippen LogP contribution is -2.55. The third-order valence-corrected chi connectivity index (χ3v) is 6.18. The van der Waals surface area contributed by atoms with Gasteiger partial charge in [0.25, 0.3) is 5.91 Å². The number of H-pyrrole nitrogens is 1. The second-order valence-corrected chi connectivity index (χ2v) is 8.74. The molecule has 1 atom stereocenters. The van der Waals surface area contributed by atoms with Crippen molar-refractivity contribution in [3.8, 4) is 17.5 Å². The normalized spacial score (nSPS) is 14.6. The zero-order valence-electron chi connectivity index (χ0n) is 19.3. The first-order chi connectivity index (χ1) is 16.9. The van der Waals surface area contributed by atoms with Crippen LogP contribution in [0.1, 0.15) is 22.8 Å². The Bertz CT molecular complexity index is 1490. The summed E-state index contributed by atoms with van der Waals surface area (Å²) in [5.41, 5.74) is 4.10. The molecule has 11 nitrogen and oxygen atoms in total. The molecule has 0 spiro atoms. The largest absolute Gasteiger partial charge is 0.394 e. The number of aryl methyl sites for hydroxylation is 1. The quantitative estimate of drug-likeness (QED) is 0.383. The highest BCUT2D eigenvalue weighted by Crippen LogP contribution is 2.29. The summed E-state index contributed by atoms with van der Waals surface area (Å²) in [4.78, 5) is 39.2. The maximum absolute atomic E-state index is 13.0. The van der Waals surface area contributed by atoms with Gasteiger partial charge in [0.05, 0.1) is 42.4 Å². The van der Waals surface area contributed by atoms with Gasteiger partial charge in [0.2, 0.25) is 5.91 Å². The van der Waals surface area contributed by atoms with E-state index in [1.165, 1.54) is 6.20 Å². The van der Waals surface area contributed by atoms with E-state index in [9.17, 15) is 14.7 Å². The zero-order valence-corrected chi connectivity index (χ0v) is 19.3. The first-order valence-corrected chi connectivity index (χ1v) is 11.3. The lowest BCUT2D eigenvalue weighted by molar-refractivity contribution is -0.137. The average molecular weight is 473 g/mol. The fraction of sp³-hybridized carbons (Fsp3) is 0.333. The molecule has 0 unspecified atom stereocenters. The number of aromatic amines is 1. The van der Waals surface area contributed by atoms with E-state index in [1.807, 2.05) is 25.1 Å². The van der Waals surface area contributed by atoms with Crippen molar-refractivity contribution in [2.24, 2.45) is 5.92 Å². The Morgan fingerprint density at radius 1 is 1.37 bits per heavy atom. The van der Waals surface area contributed by atoms with E-state index in [4.69, 9.17) is 5.26 Å². The summed E-state index contributed by atoms with van der Waals surface area (Å²) in [6.07, 6.45) is 3.11. The van der Waals surface area contributed by atoms with Crippen molar-refractivity contribution in [1.82, 2.24) is 34.9 Å². The topological polar surface area (TPSA) is 153 Å². The standard InChI is InChI=1S/C24H24N8O3/c1-13-3-4-16-19(7-13)32(5-6-33)30-20(16)18-10-27-22-21(29-18)17(9-26-22)23(34)28-14(2)24(35)31-11-15(8-25)12-31/h3-4,7,9-10,14-15,33H,5-6,11-12H2,1-2H3,(H,26,27)(H,28,34)/t14-/m1/s1. The van der Waals surface area contributed by atoms with E-state index >= 15 is 0 Å². The molecule has 0 aliphatic carbocycles. The fourth-order valence-electron chi connectivity index (χ4n) is 4.27. The molecule has 4 heterocycles. The van der Waals surface area contributed by atoms with Crippen molar-refractivity contribution in [1.29, 1.82) is 5.26 Å². The number of likely N-dealkylation sites (tertiary alicyclic amines) is 1. The van der Waals surface area contributed by atoms with Crippen molar-refractivity contribution in [2.45, 2.75) is 26.4 Å². The van der Waals surface area contributed by atoms with E-state index in [2.05, 4.69) is 31.4 Å². The van der Waals surface area contributed by atoms with Crippen LogP contribution in [0.2, 0.25) is 0 Å². The fourth-order valence-corrected chi connectivity index (χ4v) is 4.27. The van der Waals surface area contributed by atoms with Gasteiger partial charge in [0, 0.05) is 24.7 Å². The number of aromatic nitrogens is 5. The van der Waals surface area contributed by atoms with E-state index < -0.39 is 11.9 Å². The number of carbonyl (C=O) groups is 2. The number of fused-ring (bicyclic) bond motifs is 2. The number of hydrogen-bond donors (Lipinski definition) is 3. The number of aliphatic hydroxyl groups is 1. The molecule has 11 heteroatoms. The molecule has 1 aliphatic heterocycles. The summed E-state index contributed by atoms with van der Waals surface area (Å²) in [7, 11) is 0. The summed E-state index contributed by atoms with van der Waals surface area (Å²) in [5.74, 6) is -0.829. The minimum atomic E-state index is -0.746. The molecule has 1 fully saturated rings. The van der Waals surface area contributed by atoms with E-state index in [1.54, 1.807) is 22.7 Å². The van der Waals surface area contributed by atoms with Crippen LogP contribution < -0.4 is 5.32 Å². The summed E-state index contributed by atoms with van der Waals surface area (Å²) in [5, 5.41) is 26.6. The Kier molecular flexibility index (Phi) is 5.66. The molecular formula is C24H24N8O3. The second-order valence-electron chi connectivity index (χ2n) is 8.74. The van der Waals surface area contributed by atoms with Gasteiger partial charge in [0.1, 0.15) is 22.9 Å². The molecule has 4 aromatic rings. The van der Waals surface area contributed by atoms with Crippen LogP contribution in [0.25, 0.3) is 33.5 Å². The number of aliphatic hydroxyl groups excluding tert-OH is 1. The van der Waals surface area contributed by atoms with Gasteiger partial charge in [0.15, 0.2) is 5.65 Å². The zero-order chi connectivity index (χ0) is 24.7. The Balaban J connectivity index is 1.44. The summed E-state index contributed by atoms with van der Waals surface area (Å²) >= 11 is 0. The smallest absolute Gasteiger partial charge is 0.255 e. The number of nitrogens with one attached hydrogen (secondary N) is 2. The van der Waals surface area contributed by atoms with Gasteiger partial charge in [-0.2, -0.15) is 10.4 Å². The second kappa shape index (κ2) is 8.81. The van der Waals surface area contributed by atoms with Crippen LogP contribution in [-0.4, -0.2) is 72.3 Å². The van der Waals surface area contributed by atoms with Crippen LogP contribution in [0.4, 0.5) is 0 Å². The summed E-state index contributed by atoms with van der Waals surface area (Å²) in [6.45, 7) is 4.66. The van der Waals surface area contributed by atoms with Crippen molar-refractivity contribution >= 4 is 33.9 Å². The molecule has 0 bridgehead atoms. The Hall–Kier alpha value is -4.30. The summed E-state index contributed by atoms with van der Waals surface area (Å²) in [6, 6.07) is 7.32. The lowest BCUT2D eigenvalue weighted by Gasteiger charge is -2.37. The van der Waals surface area contributed by atoms with Crippen molar-refractivity contribution in [3.05, 3.63) is 41.7 Å². The molecule has 0 saturated carbocycles. The van der Waals surface area contributed by atoms with Gasteiger partial charge in [-0.05, 0) is 25.5 Å². The van der Waals surface area contributed by atoms with E-state index in [0.717, 1.165) is 16.5 Å². The molecule has 0 radical (unpaired) electrons. The molecule has 1 aliphatic rings. The maximum Gasteiger partial charge on any atom is 0.255 e. The van der Waals surface area contributed by atoms with Gasteiger partial charge < -0.3 is 20.3 Å². The highest BCUT2D eigenvalue weighted by molar-refractivity contribution is 6.06. The molecular weight excluding hydrogens is 448 g/mol. The predicted octanol–water partition coefficient (Wildman–Crippen LogP) is 1.38. The molecule has 1 aromatic carbocycles.